The molecule has 2 aromatic carbocycles. The maximum Gasteiger partial charge on any atom is 0.325 e. The molecule has 1 unspecified atom stereocenters. The van der Waals surface area contributed by atoms with Crippen molar-refractivity contribution in [3.63, 3.8) is 0 Å². The molecule has 7 rings (SSSR count). The lowest BCUT2D eigenvalue weighted by molar-refractivity contribution is -0.121. The average Bonchev–Trinajstić information content (AvgIpc) is 3.45. The third kappa shape index (κ3) is 6.67. The van der Waals surface area contributed by atoms with Gasteiger partial charge in [0, 0.05) is 64.3 Å². The number of sulfonamides is 1. The molecule has 15 heteroatoms. The predicted octanol–water partition coefficient (Wildman–Crippen LogP) is 2.80. The second kappa shape index (κ2) is 14.1. The number of benzene rings is 2. The van der Waals surface area contributed by atoms with E-state index in [0.717, 1.165) is 58.4 Å². The van der Waals surface area contributed by atoms with Gasteiger partial charge in [0.1, 0.15) is 12.2 Å². The summed E-state index contributed by atoms with van der Waals surface area (Å²) >= 11 is 0. The fraction of sp³-hybridized carbons (Fsp3) is 0.571. The molecule has 5 aliphatic rings. The van der Waals surface area contributed by atoms with Gasteiger partial charge in [-0.15, -0.1) is 0 Å². The van der Waals surface area contributed by atoms with E-state index in [2.05, 4.69) is 26.6 Å². The molecule has 0 bridgehead atoms. The molecule has 50 heavy (non-hydrogen) atoms. The number of hydrogen-bond donors (Lipinski definition) is 3. The molecule has 1 atom stereocenters. The van der Waals surface area contributed by atoms with Crippen molar-refractivity contribution < 1.29 is 22.4 Å². The van der Waals surface area contributed by atoms with Crippen molar-refractivity contribution in [2.75, 3.05) is 69.3 Å². The van der Waals surface area contributed by atoms with E-state index in [0.29, 0.717) is 59.9 Å². The van der Waals surface area contributed by atoms with Crippen molar-refractivity contribution >= 4 is 33.3 Å². The Kier molecular flexibility index (Phi) is 9.75. The van der Waals surface area contributed by atoms with Crippen LogP contribution in [0.3, 0.4) is 0 Å². The monoisotopic (exact) mass is 707 g/mol. The van der Waals surface area contributed by atoms with Crippen molar-refractivity contribution in [1.29, 1.82) is 5.26 Å². The van der Waals surface area contributed by atoms with Gasteiger partial charge in [0.25, 0.3) is 0 Å². The van der Waals surface area contributed by atoms with Gasteiger partial charge in [0.15, 0.2) is 5.82 Å². The maximum absolute atomic E-state index is 16.1. The summed E-state index contributed by atoms with van der Waals surface area (Å²) in [6.45, 7) is 5.28. The van der Waals surface area contributed by atoms with Crippen LogP contribution in [0.4, 0.5) is 20.6 Å². The first-order valence-electron chi connectivity index (χ1n) is 17.7. The van der Waals surface area contributed by atoms with E-state index >= 15 is 4.39 Å². The lowest BCUT2D eigenvalue weighted by atomic mass is 9.87. The van der Waals surface area contributed by atoms with Crippen LogP contribution in [0.2, 0.25) is 0 Å². The van der Waals surface area contributed by atoms with E-state index in [9.17, 15) is 23.3 Å². The number of anilines is 2. The number of likely N-dealkylation sites (tertiary alicyclic amines) is 1. The smallest absolute Gasteiger partial charge is 0.325 e. The number of imide groups is 1. The van der Waals surface area contributed by atoms with Gasteiger partial charge in [-0.2, -0.15) is 9.57 Å². The van der Waals surface area contributed by atoms with Crippen molar-refractivity contribution in [1.82, 2.24) is 24.8 Å². The molecular weight excluding hydrogens is 662 g/mol. The van der Waals surface area contributed by atoms with Gasteiger partial charge >= 0.3 is 6.03 Å². The molecule has 2 aromatic rings. The number of amides is 3. The number of carbonyl (C=O) groups excluding carboxylic acids is 2. The molecule has 0 aromatic heterocycles. The maximum atomic E-state index is 16.1. The van der Waals surface area contributed by atoms with E-state index in [-0.39, 0.29) is 41.5 Å². The van der Waals surface area contributed by atoms with Crippen LogP contribution in [0.1, 0.15) is 73.7 Å². The minimum Gasteiger partial charge on any atom is -0.370 e. The standard InChI is InChI=1S/C35H46FN9O4S/c1-41-33-29(34(40-41)45-19-12-31(46)39-35(45)47)5-4-28(32(33)36)24-8-13-42(14-9-24)22-23-6-15-43(16-7-23)30-20-27(3-2-25(30)21-37)50(48,49)44-17-10-26(38)11-18-44/h2-5,20,23-24,26,34,40H,6-19,22,38H2,1H3,(H,39,46,47). The summed E-state index contributed by atoms with van der Waals surface area (Å²) in [6, 6.07) is 10.4. The normalized spacial score (nSPS) is 23.6. The van der Waals surface area contributed by atoms with E-state index < -0.39 is 22.2 Å². The van der Waals surface area contributed by atoms with Crippen LogP contribution in [0.5, 0.6) is 0 Å². The van der Waals surface area contributed by atoms with Crippen molar-refractivity contribution in [3.8, 4) is 6.07 Å². The van der Waals surface area contributed by atoms with Gasteiger partial charge in [-0.25, -0.2) is 23.0 Å². The molecule has 0 radical (unpaired) electrons. The molecule has 5 heterocycles. The highest BCUT2D eigenvalue weighted by Gasteiger charge is 2.39. The van der Waals surface area contributed by atoms with E-state index in [1.165, 1.54) is 9.21 Å². The molecule has 268 valence electrons. The van der Waals surface area contributed by atoms with Gasteiger partial charge in [0.2, 0.25) is 15.9 Å². The number of halogens is 1. The number of nitrogens with two attached hydrogens (primary N) is 1. The Morgan fingerprint density at radius 3 is 2.32 bits per heavy atom. The third-order valence-corrected chi connectivity index (χ3v) is 13.1. The summed E-state index contributed by atoms with van der Waals surface area (Å²) < 4.78 is 44.4. The zero-order valence-electron chi connectivity index (χ0n) is 28.5. The number of nitrogens with zero attached hydrogens (tertiary/aromatic N) is 6. The Morgan fingerprint density at radius 1 is 0.940 bits per heavy atom. The fourth-order valence-electron chi connectivity index (χ4n) is 8.29. The molecular formula is C35H46FN9O4S. The SMILES string of the molecule is CN1NC(N2CCC(=O)NC2=O)c2ccc(C3CCN(CC4CCN(c5cc(S(=O)(=O)N6CCC(N)CC6)ccc5C#N)CC4)CC3)c(F)c21. The minimum absolute atomic E-state index is 0.0279. The zero-order valence-corrected chi connectivity index (χ0v) is 29.3. The van der Waals surface area contributed by atoms with E-state index in [4.69, 9.17) is 5.73 Å². The number of urea groups is 1. The van der Waals surface area contributed by atoms with Crippen LogP contribution in [-0.2, 0) is 14.8 Å². The first kappa shape index (κ1) is 34.6. The third-order valence-electron chi connectivity index (χ3n) is 11.2. The number of rotatable bonds is 7. The van der Waals surface area contributed by atoms with Crippen molar-refractivity contribution in [2.45, 2.75) is 68.0 Å². The first-order valence-corrected chi connectivity index (χ1v) is 19.2. The molecule has 13 nitrogen and oxygen atoms in total. The molecule has 3 amide bonds. The second-order valence-electron chi connectivity index (χ2n) is 14.3. The van der Waals surface area contributed by atoms with Gasteiger partial charge < -0.3 is 25.4 Å². The summed E-state index contributed by atoms with van der Waals surface area (Å²) in [6.07, 6.45) is 4.52. The summed E-state index contributed by atoms with van der Waals surface area (Å²) in [5.74, 6) is 0.0127. The number of fused-ring (bicyclic) bond motifs is 1. The lowest BCUT2D eigenvalue weighted by Crippen LogP contribution is -2.53. The largest absolute Gasteiger partial charge is 0.370 e. The Balaban J connectivity index is 0.940. The predicted molar refractivity (Wildman–Crippen MR) is 186 cm³/mol. The van der Waals surface area contributed by atoms with Crippen molar-refractivity contribution in [2.24, 2.45) is 11.7 Å². The summed E-state index contributed by atoms with van der Waals surface area (Å²) in [5.41, 5.74) is 12.2. The number of carbonyl (C=O) groups is 2. The molecule has 5 aliphatic heterocycles. The Morgan fingerprint density at radius 2 is 1.64 bits per heavy atom. The molecule has 4 fully saturated rings. The molecule has 4 N–H and O–H groups in total. The highest BCUT2D eigenvalue weighted by Crippen LogP contribution is 2.42. The van der Waals surface area contributed by atoms with E-state index in [1.807, 2.05) is 12.1 Å². The first-order chi connectivity index (χ1) is 24.0. The topological polar surface area (TPSA) is 158 Å². The summed E-state index contributed by atoms with van der Waals surface area (Å²) in [4.78, 5) is 30.5. The molecule has 4 saturated heterocycles. The second-order valence-corrected chi connectivity index (χ2v) is 16.3. The average molecular weight is 708 g/mol. The van der Waals surface area contributed by atoms with Gasteiger partial charge in [-0.05, 0) is 87.2 Å². The highest BCUT2D eigenvalue weighted by molar-refractivity contribution is 7.89. The molecule has 0 spiro atoms. The van der Waals surface area contributed by atoms with Gasteiger partial charge in [0.05, 0.1) is 21.8 Å². The van der Waals surface area contributed by atoms with E-state index in [1.54, 1.807) is 30.3 Å². The number of nitriles is 1. The van der Waals surface area contributed by atoms with Crippen LogP contribution in [0.25, 0.3) is 0 Å². The number of hydrazine groups is 1. The summed E-state index contributed by atoms with van der Waals surface area (Å²) in [7, 11) is -1.92. The number of nitrogens with one attached hydrogen (secondary N) is 2. The van der Waals surface area contributed by atoms with Crippen LogP contribution < -0.4 is 26.4 Å². The van der Waals surface area contributed by atoms with Crippen molar-refractivity contribution in [3.05, 3.63) is 52.8 Å². The Bertz CT molecular complexity index is 1780. The number of hydrogen-bond acceptors (Lipinski definition) is 10. The van der Waals surface area contributed by atoms with Crippen LogP contribution in [-0.4, -0.2) is 99.9 Å². The van der Waals surface area contributed by atoms with Crippen LogP contribution in [0, 0.1) is 23.1 Å². The minimum atomic E-state index is -3.67. The zero-order chi connectivity index (χ0) is 35.2. The highest BCUT2D eigenvalue weighted by atomic mass is 32.2. The number of piperidine rings is 3. The Labute approximate surface area is 293 Å². The quantitative estimate of drug-likeness (QED) is 0.391. The van der Waals surface area contributed by atoms with Gasteiger partial charge in [-0.3, -0.25) is 10.1 Å². The Hall–Kier alpha value is -3.81. The van der Waals surface area contributed by atoms with Crippen LogP contribution >= 0.6 is 0 Å². The lowest BCUT2D eigenvalue weighted by Gasteiger charge is -2.39. The molecule has 0 aliphatic carbocycles. The molecule has 0 saturated carbocycles. The fourth-order valence-corrected chi connectivity index (χ4v) is 9.78. The van der Waals surface area contributed by atoms with Gasteiger partial charge in [-0.1, -0.05) is 12.1 Å². The summed E-state index contributed by atoms with van der Waals surface area (Å²) in [5, 5.41) is 13.8. The van der Waals surface area contributed by atoms with Crippen LogP contribution in [0.15, 0.2) is 35.2 Å².